The van der Waals surface area contributed by atoms with Crippen LogP contribution < -0.4 is 10.6 Å². The Bertz CT molecular complexity index is 716. The second-order valence-corrected chi connectivity index (χ2v) is 4.39. The van der Waals surface area contributed by atoms with Crippen LogP contribution >= 0.6 is 0 Å². The number of nitrogens with one attached hydrogen (secondary N) is 2. The zero-order chi connectivity index (χ0) is 15.9. The quantitative estimate of drug-likeness (QED) is 0.833. The molecular weight excluding hydrogens is 285 g/mol. The van der Waals surface area contributed by atoms with Gasteiger partial charge >= 0.3 is 0 Å². The molecule has 1 heterocycles. The number of hydrogen-bond donors (Lipinski definition) is 2. The highest BCUT2D eigenvalue weighted by molar-refractivity contribution is 6.04. The topological polar surface area (TPSA) is 71.1 Å². The number of pyridine rings is 1. The van der Waals surface area contributed by atoms with E-state index in [0.717, 1.165) is 0 Å². The van der Waals surface area contributed by atoms with Crippen molar-refractivity contribution in [1.82, 2.24) is 10.3 Å². The molecule has 0 saturated carbocycles. The van der Waals surface area contributed by atoms with Crippen molar-refractivity contribution in [2.75, 3.05) is 11.9 Å². The maximum Gasteiger partial charge on any atom is 0.274 e. The summed E-state index contributed by atoms with van der Waals surface area (Å²) in [5, 5.41) is 5.12. The van der Waals surface area contributed by atoms with Crippen molar-refractivity contribution >= 4 is 17.5 Å². The van der Waals surface area contributed by atoms with Crippen LogP contribution in [0.5, 0.6) is 0 Å². The number of rotatable bonds is 5. The van der Waals surface area contributed by atoms with Crippen molar-refractivity contribution in [2.24, 2.45) is 0 Å². The van der Waals surface area contributed by atoms with Crippen molar-refractivity contribution < 1.29 is 14.0 Å². The van der Waals surface area contributed by atoms with Gasteiger partial charge in [0, 0.05) is 24.0 Å². The molecule has 22 heavy (non-hydrogen) atoms. The van der Waals surface area contributed by atoms with E-state index in [9.17, 15) is 14.0 Å². The lowest BCUT2D eigenvalue weighted by Crippen LogP contribution is -2.24. The molecule has 2 rings (SSSR count). The molecule has 2 amide bonds. The average molecular weight is 299 g/mol. The van der Waals surface area contributed by atoms with Gasteiger partial charge < -0.3 is 10.6 Å². The molecule has 0 spiro atoms. The van der Waals surface area contributed by atoms with Crippen molar-refractivity contribution in [3.8, 4) is 0 Å². The van der Waals surface area contributed by atoms with Crippen LogP contribution in [0.4, 0.5) is 10.1 Å². The van der Waals surface area contributed by atoms with E-state index in [1.165, 1.54) is 36.5 Å². The molecule has 0 aliphatic heterocycles. The molecule has 0 atom stereocenters. The maximum atomic E-state index is 13.1. The molecule has 5 nitrogen and oxygen atoms in total. The van der Waals surface area contributed by atoms with Crippen LogP contribution in [-0.2, 0) is 0 Å². The van der Waals surface area contributed by atoms with Crippen LogP contribution in [-0.4, -0.2) is 23.3 Å². The van der Waals surface area contributed by atoms with Gasteiger partial charge in [0.25, 0.3) is 11.8 Å². The molecule has 2 aromatic rings. The van der Waals surface area contributed by atoms with Crippen LogP contribution in [0, 0.1) is 5.82 Å². The first kappa shape index (κ1) is 15.4. The van der Waals surface area contributed by atoms with Gasteiger partial charge in [-0.2, -0.15) is 0 Å². The molecule has 0 aliphatic rings. The first-order valence-corrected chi connectivity index (χ1v) is 6.52. The summed E-state index contributed by atoms with van der Waals surface area (Å²) in [7, 11) is 0. The smallest absolute Gasteiger partial charge is 0.274 e. The fourth-order valence-electron chi connectivity index (χ4n) is 1.72. The Balaban J connectivity index is 2.13. The number of aromatic nitrogens is 1. The van der Waals surface area contributed by atoms with Crippen LogP contribution in [0.3, 0.4) is 0 Å². The Kier molecular flexibility index (Phi) is 4.98. The minimum atomic E-state index is -0.524. The molecule has 1 aromatic carbocycles. The third kappa shape index (κ3) is 3.99. The van der Waals surface area contributed by atoms with E-state index in [0.29, 0.717) is 17.8 Å². The van der Waals surface area contributed by atoms with Crippen molar-refractivity contribution in [3.63, 3.8) is 0 Å². The lowest BCUT2D eigenvalue weighted by molar-refractivity contribution is 0.0958. The molecule has 0 saturated heterocycles. The Labute approximate surface area is 126 Å². The third-order valence-corrected chi connectivity index (χ3v) is 2.74. The number of amides is 2. The van der Waals surface area contributed by atoms with Gasteiger partial charge in [0.2, 0.25) is 0 Å². The van der Waals surface area contributed by atoms with Gasteiger partial charge in [-0.1, -0.05) is 12.1 Å². The summed E-state index contributed by atoms with van der Waals surface area (Å²) in [6.07, 6.45) is 2.92. The summed E-state index contributed by atoms with van der Waals surface area (Å²) in [5.74, 6) is -1.31. The molecule has 0 fully saturated rings. The lowest BCUT2D eigenvalue weighted by atomic mass is 10.2. The number of anilines is 1. The van der Waals surface area contributed by atoms with E-state index in [1.54, 1.807) is 12.1 Å². The largest absolute Gasteiger partial charge is 0.349 e. The van der Waals surface area contributed by atoms with Gasteiger partial charge in [0.1, 0.15) is 11.5 Å². The Morgan fingerprint density at radius 2 is 2.05 bits per heavy atom. The first-order chi connectivity index (χ1) is 10.6. The fourth-order valence-corrected chi connectivity index (χ4v) is 1.72. The second kappa shape index (κ2) is 7.12. The van der Waals surface area contributed by atoms with Gasteiger partial charge in [-0.3, -0.25) is 14.6 Å². The van der Waals surface area contributed by atoms with Crippen molar-refractivity contribution in [1.29, 1.82) is 0 Å². The number of hydrogen-bond acceptors (Lipinski definition) is 3. The molecule has 0 aliphatic carbocycles. The first-order valence-electron chi connectivity index (χ1n) is 6.52. The highest BCUT2D eigenvalue weighted by Crippen LogP contribution is 2.11. The number of benzene rings is 1. The summed E-state index contributed by atoms with van der Waals surface area (Å²) < 4.78 is 13.1. The summed E-state index contributed by atoms with van der Waals surface area (Å²) >= 11 is 0. The van der Waals surface area contributed by atoms with E-state index >= 15 is 0 Å². The predicted molar refractivity (Wildman–Crippen MR) is 81.1 cm³/mol. The zero-order valence-electron chi connectivity index (χ0n) is 11.7. The minimum Gasteiger partial charge on any atom is -0.349 e. The SMILES string of the molecule is C=CCNC(=O)c1ccnc(C(=O)Nc2cccc(F)c2)c1. The van der Waals surface area contributed by atoms with Gasteiger partial charge in [-0.15, -0.1) is 6.58 Å². The fraction of sp³-hybridized carbons (Fsp3) is 0.0625. The van der Waals surface area contributed by atoms with Gasteiger partial charge in [-0.25, -0.2) is 4.39 Å². The average Bonchev–Trinajstić information content (AvgIpc) is 2.52. The molecule has 1 aromatic heterocycles. The van der Waals surface area contributed by atoms with E-state index in [-0.39, 0.29) is 11.6 Å². The maximum absolute atomic E-state index is 13.1. The van der Waals surface area contributed by atoms with E-state index in [1.807, 2.05) is 0 Å². The Morgan fingerprint density at radius 3 is 2.77 bits per heavy atom. The van der Waals surface area contributed by atoms with Crippen LogP contribution in [0.2, 0.25) is 0 Å². The lowest BCUT2D eigenvalue weighted by Gasteiger charge is -2.06. The van der Waals surface area contributed by atoms with E-state index < -0.39 is 11.7 Å². The standard InChI is InChI=1S/C16H14FN3O2/c1-2-7-19-15(21)11-6-8-18-14(9-11)16(22)20-13-5-3-4-12(17)10-13/h2-6,8-10H,1,7H2,(H,19,21)(H,20,22). The summed E-state index contributed by atoms with van der Waals surface area (Å²) in [4.78, 5) is 27.8. The molecule has 6 heteroatoms. The van der Waals surface area contributed by atoms with Crippen molar-refractivity contribution in [2.45, 2.75) is 0 Å². The summed E-state index contributed by atoms with van der Waals surface area (Å²) in [6, 6.07) is 8.38. The minimum absolute atomic E-state index is 0.0653. The van der Waals surface area contributed by atoms with Gasteiger partial charge in [0.15, 0.2) is 0 Å². The Morgan fingerprint density at radius 1 is 1.23 bits per heavy atom. The highest BCUT2D eigenvalue weighted by atomic mass is 19.1. The van der Waals surface area contributed by atoms with Gasteiger partial charge in [-0.05, 0) is 30.3 Å². The number of nitrogens with zero attached hydrogens (tertiary/aromatic N) is 1. The number of carbonyl (C=O) groups excluding carboxylic acids is 2. The van der Waals surface area contributed by atoms with Crippen molar-refractivity contribution in [3.05, 3.63) is 72.3 Å². The normalized spacial score (nSPS) is 9.86. The predicted octanol–water partition coefficient (Wildman–Crippen LogP) is 2.39. The van der Waals surface area contributed by atoms with E-state index in [4.69, 9.17) is 0 Å². The third-order valence-electron chi connectivity index (χ3n) is 2.74. The van der Waals surface area contributed by atoms with Crippen LogP contribution in [0.1, 0.15) is 20.8 Å². The summed E-state index contributed by atoms with van der Waals surface area (Å²) in [5.41, 5.74) is 0.685. The number of halogens is 1. The Hall–Kier alpha value is -3.02. The molecule has 0 bridgehead atoms. The molecular formula is C16H14FN3O2. The second-order valence-electron chi connectivity index (χ2n) is 4.39. The highest BCUT2D eigenvalue weighted by Gasteiger charge is 2.12. The van der Waals surface area contributed by atoms with Crippen LogP contribution in [0.15, 0.2) is 55.3 Å². The molecule has 2 N–H and O–H groups in total. The van der Waals surface area contributed by atoms with Gasteiger partial charge in [0.05, 0.1) is 0 Å². The van der Waals surface area contributed by atoms with E-state index in [2.05, 4.69) is 22.2 Å². The zero-order valence-corrected chi connectivity index (χ0v) is 11.7. The summed E-state index contributed by atoms with van der Waals surface area (Å²) in [6.45, 7) is 3.83. The van der Waals surface area contributed by atoms with Crippen LogP contribution in [0.25, 0.3) is 0 Å². The number of carbonyl (C=O) groups is 2. The molecule has 0 unspecified atom stereocenters. The molecule has 112 valence electrons. The monoisotopic (exact) mass is 299 g/mol. The molecule has 0 radical (unpaired) electrons.